The van der Waals surface area contributed by atoms with Gasteiger partial charge in [0.05, 0.1) is 17.1 Å². The number of pyridine rings is 1. The van der Waals surface area contributed by atoms with Gasteiger partial charge < -0.3 is 10.3 Å². The Morgan fingerprint density at radius 3 is 2.70 bits per heavy atom. The Kier molecular flexibility index (Phi) is 3.90. The van der Waals surface area contributed by atoms with E-state index < -0.39 is 0 Å². The summed E-state index contributed by atoms with van der Waals surface area (Å²) in [5, 5.41) is 8.34. The Labute approximate surface area is 156 Å². The standard InChI is InChI=1S/C21H23FN4O/c1-2-26-20-10-13(9-18(22)17(20)11-23-26)19-6-5-16(21(27)25-19)12-7-14-3-4-15(8-12)24-14/h5-6,9-12,14-15,24H,2-4,7-8H2,1H3,(H,25,27). The molecule has 0 aliphatic carbocycles. The Balaban J connectivity index is 1.52. The van der Waals surface area contributed by atoms with Gasteiger partial charge in [-0.05, 0) is 56.7 Å². The zero-order valence-electron chi connectivity index (χ0n) is 15.3. The molecule has 2 aliphatic heterocycles. The van der Waals surface area contributed by atoms with E-state index in [9.17, 15) is 9.18 Å². The summed E-state index contributed by atoms with van der Waals surface area (Å²) in [6.45, 7) is 2.64. The zero-order chi connectivity index (χ0) is 18.5. The van der Waals surface area contributed by atoms with Crippen LogP contribution in [0.5, 0.6) is 0 Å². The average Bonchev–Trinajstić information content (AvgIpc) is 3.24. The number of nitrogens with one attached hydrogen (secondary N) is 2. The van der Waals surface area contributed by atoms with Crippen LogP contribution >= 0.6 is 0 Å². The molecule has 0 amide bonds. The lowest BCUT2D eigenvalue weighted by Crippen LogP contribution is -2.38. The minimum atomic E-state index is -0.318. The first-order valence-electron chi connectivity index (χ1n) is 9.77. The monoisotopic (exact) mass is 366 g/mol. The molecule has 2 N–H and O–H groups in total. The largest absolute Gasteiger partial charge is 0.322 e. The fraction of sp³-hybridized carbons (Fsp3) is 0.429. The van der Waals surface area contributed by atoms with Gasteiger partial charge in [-0.15, -0.1) is 0 Å². The lowest BCUT2D eigenvalue weighted by molar-refractivity contribution is 0.362. The van der Waals surface area contributed by atoms with Crippen LogP contribution in [0.1, 0.15) is 44.1 Å². The Hall–Kier alpha value is -2.47. The van der Waals surface area contributed by atoms with E-state index in [-0.39, 0.29) is 11.4 Å². The van der Waals surface area contributed by atoms with Crippen molar-refractivity contribution in [2.24, 2.45) is 0 Å². The summed E-state index contributed by atoms with van der Waals surface area (Å²) >= 11 is 0. The van der Waals surface area contributed by atoms with Crippen LogP contribution in [0.3, 0.4) is 0 Å². The van der Waals surface area contributed by atoms with Crippen LogP contribution in [0.15, 0.2) is 35.3 Å². The van der Waals surface area contributed by atoms with Crippen LogP contribution in [0, 0.1) is 5.82 Å². The molecule has 5 rings (SSSR count). The van der Waals surface area contributed by atoms with Crippen molar-refractivity contribution in [3.05, 3.63) is 52.2 Å². The molecule has 2 fully saturated rings. The Morgan fingerprint density at radius 1 is 1.22 bits per heavy atom. The van der Waals surface area contributed by atoms with E-state index in [0.717, 1.165) is 23.9 Å². The van der Waals surface area contributed by atoms with Gasteiger partial charge in [-0.1, -0.05) is 6.07 Å². The predicted octanol–water partition coefficient (Wildman–Crippen LogP) is 3.55. The fourth-order valence-corrected chi connectivity index (χ4v) is 4.83. The molecule has 2 atom stereocenters. The van der Waals surface area contributed by atoms with E-state index in [1.807, 2.05) is 25.1 Å². The molecule has 1 aromatic carbocycles. The molecule has 2 aliphatic rings. The SMILES string of the molecule is CCn1ncc2c(F)cc(-c3ccc(C4CC5CCC(C4)N5)c(=O)[nH]3)cc21. The molecule has 3 aromatic rings. The van der Waals surface area contributed by atoms with Gasteiger partial charge in [0.15, 0.2) is 0 Å². The van der Waals surface area contributed by atoms with Crippen LogP contribution in [0.2, 0.25) is 0 Å². The summed E-state index contributed by atoms with van der Waals surface area (Å²) in [6.07, 6.45) is 6.02. The third-order valence-electron chi connectivity index (χ3n) is 6.18. The van der Waals surface area contributed by atoms with Gasteiger partial charge in [0.1, 0.15) is 5.82 Å². The third-order valence-corrected chi connectivity index (χ3v) is 6.18. The second-order valence-electron chi connectivity index (χ2n) is 7.81. The van der Waals surface area contributed by atoms with Crippen LogP contribution in [-0.2, 0) is 6.54 Å². The van der Waals surface area contributed by atoms with E-state index >= 15 is 0 Å². The summed E-state index contributed by atoms with van der Waals surface area (Å²) < 4.78 is 16.3. The highest BCUT2D eigenvalue weighted by molar-refractivity contribution is 5.84. The third kappa shape index (κ3) is 2.79. The first kappa shape index (κ1) is 16.7. The molecule has 4 heterocycles. The number of aryl methyl sites for hydroxylation is 1. The van der Waals surface area contributed by atoms with E-state index in [1.54, 1.807) is 10.9 Å². The molecule has 0 radical (unpaired) electrons. The lowest BCUT2D eigenvalue weighted by atomic mass is 9.87. The van der Waals surface area contributed by atoms with Crippen molar-refractivity contribution >= 4 is 10.9 Å². The Morgan fingerprint density at radius 2 is 2.00 bits per heavy atom. The molecule has 6 heteroatoms. The highest BCUT2D eigenvalue weighted by Gasteiger charge is 2.34. The number of hydrogen-bond acceptors (Lipinski definition) is 3. The number of H-pyrrole nitrogens is 1. The van der Waals surface area contributed by atoms with Crippen LogP contribution in [0.4, 0.5) is 4.39 Å². The highest BCUT2D eigenvalue weighted by Crippen LogP contribution is 2.36. The van der Waals surface area contributed by atoms with Crippen LogP contribution < -0.4 is 10.9 Å². The van der Waals surface area contributed by atoms with E-state index in [2.05, 4.69) is 15.4 Å². The second kappa shape index (κ2) is 6.30. The molecule has 2 saturated heterocycles. The van der Waals surface area contributed by atoms with E-state index in [4.69, 9.17) is 0 Å². The molecular formula is C21H23FN4O. The normalized spacial score (nSPS) is 24.6. The van der Waals surface area contributed by atoms with Gasteiger partial charge in [-0.2, -0.15) is 5.10 Å². The van der Waals surface area contributed by atoms with Crippen molar-refractivity contribution in [2.75, 3.05) is 0 Å². The van der Waals surface area contributed by atoms with Crippen molar-refractivity contribution < 1.29 is 4.39 Å². The first-order chi connectivity index (χ1) is 13.1. The number of aromatic amines is 1. The van der Waals surface area contributed by atoms with Gasteiger partial charge >= 0.3 is 0 Å². The topological polar surface area (TPSA) is 62.7 Å². The van der Waals surface area contributed by atoms with E-state index in [0.29, 0.717) is 41.2 Å². The molecular weight excluding hydrogens is 343 g/mol. The molecule has 5 nitrogen and oxygen atoms in total. The number of rotatable bonds is 3. The summed E-state index contributed by atoms with van der Waals surface area (Å²) in [7, 11) is 0. The average molecular weight is 366 g/mol. The smallest absolute Gasteiger partial charge is 0.251 e. The summed E-state index contributed by atoms with van der Waals surface area (Å²) in [5.41, 5.74) is 2.86. The van der Waals surface area contributed by atoms with Crippen LogP contribution in [-0.4, -0.2) is 26.8 Å². The van der Waals surface area contributed by atoms with Crippen molar-refractivity contribution in [1.82, 2.24) is 20.1 Å². The minimum absolute atomic E-state index is 0.0525. The molecule has 2 aromatic heterocycles. The second-order valence-corrected chi connectivity index (χ2v) is 7.81. The number of benzene rings is 1. The van der Waals surface area contributed by atoms with E-state index in [1.165, 1.54) is 18.9 Å². The predicted molar refractivity (Wildman–Crippen MR) is 103 cm³/mol. The maximum absolute atomic E-state index is 14.5. The first-order valence-corrected chi connectivity index (χ1v) is 9.77. The van der Waals surface area contributed by atoms with Crippen LogP contribution in [0.25, 0.3) is 22.2 Å². The number of hydrogen-bond donors (Lipinski definition) is 2. The lowest BCUT2D eigenvalue weighted by Gasteiger charge is -2.28. The van der Waals surface area contributed by atoms with Gasteiger partial charge in [0.25, 0.3) is 5.56 Å². The zero-order valence-corrected chi connectivity index (χ0v) is 15.3. The summed E-state index contributed by atoms with van der Waals surface area (Å²) in [6, 6.07) is 8.29. The number of halogens is 1. The molecule has 140 valence electrons. The molecule has 27 heavy (non-hydrogen) atoms. The van der Waals surface area contributed by atoms with Crippen molar-refractivity contribution in [2.45, 2.75) is 57.2 Å². The minimum Gasteiger partial charge on any atom is -0.322 e. The van der Waals surface area contributed by atoms with Gasteiger partial charge in [-0.25, -0.2) is 4.39 Å². The maximum atomic E-state index is 14.5. The summed E-state index contributed by atoms with van der Waals surface area (Å²) in [4.78, 5) is 15.8. The van der Waals surface area contributed by atoms with Crippen molar-refractivity contribution in [3.8, 4) is 11.3 Å². The van der Waals surface area contributed by atoms with Crippen molar-refractivity contribution in [3.63, 3.8) is 0 Å². The Bertz CT molecular complexity index is 1060. The van der Waals surface area contributed by atoms with Gasteiger partial charge in [-0.3, -0.25) is 9.48 Å². The summed E-state index contributed by atoms with van der Waals surface area (Å²) in [5.74, 6) is -0.00987. The molecule has 0 saturated carbocycles. The molecule has 0 spiro atoms. The number of fused-ring (bicyclic) bond motifs is 3. The molecule has 2 bridgehead atoms. The maximum Gasteiger partial charge on any atom is 0.251 e. The highest BCUT2D eigenvalue weighted by atomic mass is 19.1. The quantitative estimate of drug-likeness (QED) is 0.745. The number of aromatic nitrogens is 3. The molecule has 2 unspecified atom stereocenters. The number of piperidine rings is 1. The number of nitrogens with zero attached hydrogens (tertiary/aromatic N) is 2. The fourth-order valence-electron chi connectivity index (χ4n) is 4.83. The van der Waals surface area contributed by atoms with Gasteiger partial charge in [0.2, 0.25) is 0 Å². The van der Waals surface area contributed by atoms with Gasteiger partial charge in [0, 0.05) is 35.4 Å². The van der Waals surface area contributed by atoms with Crippen molar-refractivity contribution in [1.29, 1.82) is 0 Å².